The molecule has 0 nitrogen and oxygen atoms in total. The first kappa shape index (κ1) is 34.1. The van der Waals surface area contributed by atoms with E-state index in [-0.39, 0.29) is 0 Å². The maximum atomic E-state index is 2.32. The number of thioether (sulfide) groups is 6. The summed E-state index contributed by atoms with van der Waals surface area (Å²) >= 11 is 13.5. The van der Waals surface area contributed by atoms with E-state index < -0.39 is 0 Å². The Morgan fingerprint density at radius 2 is 0.765 bits per heavy atom. The van der Waals surface area contributed by atoms with Crippen LogP contribution in [0.4, 0.5) is 0 Å². The molecule has 0 amide bonds. The van der Waals surface area contributed by atoms with Crippen molar-refractivity contribution in [2.24, 2.45) is 0 Å². The van der Waals surface area contributed by atoms with Crippen LogP contribution in [0.3, 0.4) is 0 Å². The second-order valence-corrected chi connectivity index (χ2v) is 17.0. The van der Waals surface area contributed by atoms with Crippen molar-refractivity contribution >= 4 is 70.6 Å². The van der Waals surface area contributed by atoms with Gasteiger partial charge in [0.1, 0.15) is 0 Å². The van der Waals surface area contributed by atoms with E-state index in [0.29, 0.717) is 0 Å². The molecule has 0 N–H and O–H groups in total. The molecule has 0 saturated carbocycles. The molecule has 6 heteroatoms. The molecule has 0 aromatic carbocycles. The van der Waals surface area contributed by atoms with E-state index in [1.54, 1.807) is 0 Å². The van der Waals surface area contributed by atoms with Crippen LogP contribution in [0.25, 0.3) is 0 Å². The van der Waals surface area contributed by atoms with Gasteiger partial charge < -0.3 is 0 Å². The minimum absolute atomic E-state index is 0.897. The monoisotopic (exact) mass is 584 g/mol. The minimum Gasteiger partial charge on any atom is -0.160 e. The van der Waals surface area contributed by atoms with Crippen molar-refractivity contribution in [1.29, 1.82) is 0 Å². The Labute approximate surface area is 240 Å². The predicted octanol–water partition coefficient (Wildman–Crippen LogP) is 10.6. The molecular weight excluding hydrogens is 529 g/mol. The molecule has 34 heavy (non-hydrogen) atoms. The second kappa shape index (κ2) is 28.1. The van der Waals surface area contributed by atoms with Crippen LogP contribution < -0.4 is 0 Å². The van der Waals surface area contributed by atoms with E-state index in [1.807, 2.05) is 0 Å². The normalized spacial score (nSPS) is 22.8. The maximum absolute atomic E-state index is 2.32. The Hall–Kier alpha value is 2.10. The van der Waals surface area contributed by atoms with Crippen LogP contribution in [0.2, 0.25) is 0 Å². The summed E-state index contributed by atoms with van der Waals surface area (Å²) < 4.78 is 0. The van der Waals surface area contributed by atoms with Crippen molar-refractivity contribution in [1.82, 2.24) is 0 Å². The van der Waals surface area contributed by atoms with Gasteiger partial charge in [-0.05, 0) is 12.8 Å². The largest absolute Gasteiger partial charge is 0.160 e. The highest BCUT2D eigenvalue weighted by Crippen LogP contribution is 2.27. The van der Waals surface area contributed by atoms with Crippen LogP contribution in [-0.2, 0) is 0 Å². The van der Waals surface area contributed by atoms with Gasteiger partial charge in [-0.25, -0.2) is 0 Å². The molecule has 0 aliphatic carbocycles. The van der Waals surface area contributed by atoms with Gasteiger partial charge >= 0.3 is 0 Å². The third kappa shape index (κ3) is 23.2. The average Bonchev–Trinajstić information content (AvgIpc) is 2.84. The van der Waals surface area contributed by atoms with Gasteiger partial charge in [-0.1, -0.05) is 90.9 Å². The lowest BCUT2D eigenvalue weighted by atomic mass is 10.1. The molecule has 0 bridgehead atoms. The minimum atomic E-state index is 0.897. The molecule has 1 saturated heterocycles. The summed E-state index contributed by atoms with van der Waals surface area (Å²) in [6.45, 7) is 4.63. The fraction of sp³-hybridized carbons (Fsp3) is 1.00. The molecule has 0 radical (unpaired) electrons. The van der Waals surface area contributed by atoms with Crippen molar-refractivity contribution in [2.75, 3.05) is 57.5 Å². The van der Waals surface area contributed by atoms with Crippen LogP contribution in [0, 0.1) is 0 Å². The SMILES string of the molecule is CCCCCCCCC1CSCCSCCSC(CCCCCCCC)CSCCSCCS1. The lowest BCUT2D eigenvalue weighted by Crippen LogP contribution is -2.11. The molecule has 0 spiro atoms. The van der Waals surface area contributed by atoms with Crippen LogP contribution in [0.15, 0.2) is 0 Å². The van der Waals surface area contributed by atoms with Crippen LogP contribution in [-0.4, -0.2) is 68.0 Å². The van der Waals surface area contributed by atoms with Gasteiger partial charge in [0, 0.05) is 68.0 Å². The average molecular weight is 585 g/mol. The zero-order valence-corrected chi connectivity index (χ0v) is 27.5. The highest BCUT2D eigenvalue weighted by molar-refractivity contribution is 8.07. The third-order valence-corrected chi connectivity index (χ3v) is 14.6. The number of hydrogen-bond acceptors (Lipinski definition) is 6. The summed E-state index contributed by atoms with van der Waals surface area (Å²) in [4.78, 5) is 0. The van der Waals surface area contributed by atoms with E-state index in [0.717, 1.165) is 10.5 Å². The van der Waals surface area contributed by atoms with Gasteiger partial charge in [-0.2, -0.15) is 70.6 Å². The molecule has 204 valence electrons. The molecule has 1 rings (SSSR count). The van der Waals surface area contributed by atoms with Gasteiger partial charge in [0.05, 0.1) is 0 Å². The van der Waals surface area contributed by atoms with E-state index in [1.165, 1.54) is 147 Å². The lowest BCUT2D eigenvalue weighted by Gasteiger charge is -2.18. The Balaban J connectivity index is 2.26. The molecule has 2 atom stereocenters. The third-order valence-electron chi connectivity index (χ3n) is 6.27. The molecule has 1 heterocycles. The lowest BCUT2D eigenvalue weighted by molar-refractivity contribution is 0.590. The van der Waals surface area contributed by atoms with E-state index in [4.69, 9.17) is 0 Å². The molecule has 1 fully saturated rings. The first-order valence-electron chi connectivity index (χ1n) is 14.4. The van der Waals surface area contributed by atoms with Crippen LogP contribution in [0.5, 0.6) is 0 Å². The first-order chi connectivity index (χ1) is 16.9. The summed E-state index contributed by atoms with van der Waals surface area (Å²) in [6, 6.07) is 0. The van der Waals surface area contributed by atoms with Crippen molar-refractivity contribution < 1.29 is 0 Å². The van der Waals surface area contributed by atoms with Gasteiger partial charge in [-0.3, -0.25) is 0 Å². The zero-order chi connectivity index (χ0) is 24.4. The fourth-order valence-corrected chi connectivity index (χ4v) is 12.0. The van der Waals surface area contributed by atoms with E-state index in [2.05, 4.69) is 84.4 Å². The highest BCUT2D eigenvalue weighted by atomic mass is 32.2. The molecule has 1 aliphatic rings. The number of rotatable bonds is 14. The van der Waals surface area contributed by atoms with E-state index in [9.17, 15) is 0 Å². The summed E-state index contributed by atoms with van der Waals surface area (Å²) in [6.07, 6.45) is 20.1. The van der Waals surface area contributed by atoms with Crippen LogP contribution >= 0.6 is 70.6 Å². The first-order valence-corrected chi connectivity index (χ1v) is 21.1. The molecule has 2 unspecified atom stereocenters. The zero-order valence-electron chi connectivity index (χ0n) is 22.6. The summed E-state index contributed by atoms with van der Waals surface area (Å²) in [7, 11) is 0. The van der Waals surface area contributed by atoms with Crippen molar-refractivity contribution in [2.45, 2.75) is 114 Å². The molecular formula is C28H56S6. The van der Waals surface area contributed by atoms with Crippen molar-refractivity contribution in [3.8, 4) is 0 Å². The number of unbranched alkanes of at least 4 members (excludes halogenated alkanes) is 10. The standard InChI is InChI=1S/C28H56S6/c1-3-5-7-9-11-13-15-27-25-31-19-17-30-22-24-34-28(16-14-12-10-8-6-4-2)26-32-20-18-29-21-23-33-27/h27-28H,3-26H2,1-2H3. The fourth-order valence-electron chi connectivity index (χ4n) is 4.15. The summed E-state index contributed by atoms with van der Waals surface area (Å²) in [5, 5.41) is 1.79. The Morgan fingerprint density at radius 1 is 0.412 bits per heavy atom. The Bertz CT molecular complexity index is 339. The Kier molecular flexibility index (Phi) is 28.2. The van der Waals surface area contributed by atoms with E-state index >= 15 is 0 Å². The van der Waals surface area contributed by atoms with Gasteiger partial charge in [-0.15, -0.1) is 0 Å². The smallest absolute Gasteiger partial charge is 0.0138 e. The van der Waals surface area contributed by atoms with Crippen molar-refractivity contribution in [3.05, 3.63) is 0 Å². The van der Waals surface area contributed by atoms with Crippen LogP contribution in [0.1, 0.15) is 104 Å². The second-order valence-electron chi connectivity index (χ2n) is 9.47. The molecule has 1 aliphatic heterocycles. The number of hydrogen-bond donors (Lipinski definition) is 0. The summed E-state index contributed by atoms with van der Waals surface area (Å²) in [5.74, 6) is 13.6. The van der Waals surface area contributed by atoms with Gasteiger partial charge in [0.2, 0.25) is 0 Å². The van der Waals surface area contributed by atoms with Gasteiger partial charge in [0.15, 0.2) is 0 Å². The van der Waals surface area contributed by atoms with Crippen molar-refractivity contribution in [3.63, 3.8) is 0 Å². The molecule has 0 aromatic rings. The topological polar surface area (TPSA) is 0 Å². The predicted molar refractivity (Wildman–Crippen MR) is 178 cm³/mol. The molecule has 0 aromatic heterocycles. The Morgan fingerprint density at radius 3 is 1.21 bits per heavy atom. The summed E-state index contributed by atoms with van der Waals surface area (Å²) in [5.41, 5.74) is 0. The quantitative estimate of drug-likeness (QED) is 0.185. The maximum Gasteiger partial charge on any atom is 0.0138 e. The van der Waals surface area contributed by atoms with Gasteiger partial charge in [0.25, 0.3) is 0 Å². The highest BCUT2D eigenvalue weighted by Gasteiger charge is 2.12.